The first kappa shape index (κ1) is 14.8. The van der Waals surface area contributed by atoms with Crippen molar-refractivity contribution >= 4 is 11.4 Å². The molecule has 0 bridgehead atoms. The Kier molecular flexibility index (Phi) is 4.30. The number of nitrogens with two attached hydrogens (primary N) is 1. The van der Waals surface area contributed by atoms with Gasteiger partial charge in [-0.2, -0.15) is 8.78 Å². The number of anilines is 2. The van der Waals surface area contributed by atoms with E-state index in [9.17, 15) is 13.2 Å². The molecule has 20 heavy (non-hydrogen) atoms. The molecular weight excluding hydrogens is 269 g/mol. The fraction of sp³-hybridized carbons (Fsp3) is 0.571. The molecule has 0 radical (unpaired) electrons. The Morgan fingerprint density at radius 2 is 2.00 bits per heavy atom. The molecule has 0 amide bonds. The zero-order valence-corrected chi connectivity index (χ0v) is 11.5. The highest BCUT2D eigenvalue weighted by Gasteiger charge is 2.30. The molecule has 0 aliphatic heterocycles. The number of rotatable bonds is 4. The molecule has 3 atom stereocenters. The largest absolute Gasteiger partial charge is 0.432 e. The Labute approximate surface area is 116 Å². The van der Waals surface area contributed by atoms with Gasteiger partial charge in [0, 0.05) is 18.2 Å². The molecule has 3 nitrogen and oxygen atoms in total. The van der Waals surface area contributed by atoms with E-state index in [2.05, 4.69) is 23.9 Å². The smallest absolute Gasteiger partial charge is 0.387 e. The van der Waals surface area contributed by atoms with Crippen LogP contribution < -0.4 is 15.8 Å². The SMILES string of the molecule is CC1CCC(Nc2cc(OC(F)F)c(F)cc2N)C1C. The van der Waals surface area contributed by atoms with Gasteiger partial charge in [0.05, 0.1) is 11.4 Å². The molecule has 112 valence electrons. The molecule has 6 heteroatoms. The number of nitrogen functional groups attached to an aromatic ring is 1. The van der Waals surface area contributed by atoms with Gasteiger partial charge in [-0.25, -0.2) is 4.39 Å². The van der Waals surface area contributed by atoms with Crippen molar-refractivity contribution in [3.05, 3.63) is 17.9 Å². The molecule has 1 saturated carbocycles. The zero-order chi connectivity index (χ0) is 14.9. The number of ether oxygens (including phenoxy) is 1. The van der Waals surface area contributed by atoms with Gasteiger partial charge >= 0.3 is 6.61 Å². The van der Waals surface area contributed by atoms with Crippen molar-refractivity contribution in [2.24, 2.45) is 11.8 Å². The van der Waals surface area contributed by atoms with Crippen molar-refractivity contribution in [1.29, 1.82) is 0 Å². The summed E-state index contributed by atoms with van der Waals surface area (Å²) in [4.78, 5) is 0. The molecule has 2 rings (SSSR count). The van der Waals surface area contributed by atoms with Crippen molar-refractivity contribution in [3.8, 4) is 5.75 Å². The van der Waals surface area contributed by atoms with Gasteiger partial charge in [-0.3, -0.25) is 0 Å². The highest BCUT2D eigenvalue weighted by atomic mass is 19.3. The van der Waals surface area contributed by atoms with Crippen LogP contribution in [0.5, 0.6) is 5.75 Å². The first-order valence-electron chi connectivity index (χ1n) is 6.69. The first-order chi connectivity index (χ1) is 9.38. The predicted octanol–water partition coefficient (Wildman–Crippen LogP) is 3.86. The van der Waals surface area contributed by atoms with Crippen LogP contribution in [0.15, 0.2) is 12.1 Å². The quantitative estimate of drug-likeness (QED) is 0.827. The van der Waals surface area contributed by atoms with E-state index in [0.29, 0.717) is 17.5 Å². The average molecular weight is 288 g/mol. The average Bonchev–Trinajstić information content (AvgIpc) is 2.66. The molecule has 1 aliphatic rings. The van der Waals surface area contributed by atoms with E-state index in [1.807, 2.05) is 0 Å². The first-order valence-corrected chi connectivity index (χ1v) is 6.69. The fourth-order valence-corrected chi connectivity index (χ4v) is 2.65. The number of benzene rings is 1. The maximum atomic E-state index is 13.5. The highest BCUT2D eigenvalue weighted by molar-refractivity contribution is 5.69. The van der Waals surface area contributed by atoms with E-state index in [4.69, 9.17) is 5.73 Å². The standard InChI is InChI=1S/C14H19F3N2O/c1-7-3-4-11(8(7)2)19-12-6-13(20-14(16)17)9(15)5-10(12)18/h5-8,11,14,19H,3-4,18H2,1-2H3. The van der Waals surface area contributed by atoms with Gasteiger partial charge in [-0.1, -0.05) is 13.8 Å². The molecular formula is C14H19F3N2O. The molecule has 0 aromatic heterocycles. The number of alkyl halides is 2. The summed E-state index contributed by atoms with van der Waals surface area (Å²) in [7, 11) is 0. The van der Waals surface area contributed by atoms with E-state index in [1.54, 1.807) is 0 Å². The number of nitrogens with one attached hydrogen (secondary N) is 1. The third-order valence-corrected chi connectivity index (χ3v) is 4.13. The van der Waals surface area contributed by atoms with Crippen LogP contribution in [0, 0.1) is 17.7 Å². The van der Waals surface area contributed by atoms with Crippen LogP contribution >= 0.6 is 0 Å². The summed E-state index contributed by atoms with van der Waals surface area (Å²) >= 11 is 0. The summed E-state index contributed by atoms with van der Waals surface area (Å²) in [5, 5.41) is 3.21. The summed E-state index contributed by atoms with van der Waals surface area (Å²) in [6.07, 6.45) is 2.07. The molecule has 1 aliphatic carbocycles. The van der Waals surface area contributed by atoms with Crippen molar-refractivity contribution in [2.45, 2.75) is 39.3 Å². The van der Waals surface area contributed by atoms with Crippen molar-refractivity contribution in [2.75, 3.05) is 11.1 Å². The Morgan fingerprint density at radius 3 is 2.55 bits per heavy atom. The molecule has 1 fully saturated rings. The van der Waals surface area contributed by atoms with Gasteiger partial charge in [0.1, 0.15) is 0 Å². The zero-order valence-electron chi connectivity index (χ0n) is 11.5. The van der Waals surface area contributed by atoms with Crippen LogP contribution in [0.1, 0.15) is 26.7 Å². The highest BCUT2D eigenvalue weighted by Crippen LogP contribution is 2.36. The van der Waals surface area contributed by atoms with Crippen LogP contribution in [0.2, 0.25) is 0 Å². The minimum absolute atomic E-state index is 0.191. The molecule has 0 saturated heterocycles. The van der Waals surface area contributed by atoms with Gasteiger partial charge < -0.3 is 15.8 Å². The maximum Gasteiger partial charge on any atom is 0.387 e. The fourth-order valence-electron chi connectivity index (χ4n) is 2.65. The second kappa shape index (κ2) is 5.81. The second-order valence-electron chi connectivity index (χ2n) is 5.41. The van der Waals surface area contributed by atoms with Gasteiger partial charge in [0.15, 0.2) is 11.6 Å². The van der Waals surface area contributed by atoms with Crippen LogP contribution in [0.25, 0.3) is 0 Å². The lowest BCUT2D eigenvalue weighted by atomic mass is 9.97. The van der Waals surface area contributed by atoms with E-state index in [1.165, 1.54) is 6.07 Å². The summed E-state index contributed by atoms with van der Waals surface area (Å²) in [6.45, 7) is 1.24. The molecule has 0 heterocycles. The monoisotopic (exact) mass is 288 g/mol. The number of hydrogen-bond donors (Lipinski definition) is 2. The topological polar surface area (TPSA) is 47.3 Å². The molecule has 1 aromatic rings. The molecule has 1 aromatic carbocycles. The lowest BCUT2D eigenvalue weighted by molar-refractivity contribution is -0.0521. The minimum Gasteiger partial charge on any atom is -0.432 e. The van der Waals surface area contributed by atoms with Crippen molar-refractivity contribution in [3.63, 3.8) is 0 Å². The lowest BCUT2D eigenvalue weighted by Crippen LogP contribution is -2.24. The second-order valence-corrected chi connectivity index (χ2v) is 5.41. The van der Waals surface area contributed by atoms with E-state index >= 15 is 0 Å². The summed E-state index contributed by atoms with van der Waals surface area (Å²) in [5.41, 5.74) is 6.36. The molecule has 0 spiro atoms. The Hall–Kier alpha value is -1.59. The predicted molar refractivity (Wildman–Crippen MR) is 72.4 cm³/mol. The van der Waals surface area contributed by atoms with Gasteiger partial charge in [-0.15, -0.1) is 0 Å². The molecule has 3 unspecified atom stereocenters. The normalized spacial score (nSPS) is 26.0. The third kappa shape index (κ3) is 3.11. The summed E-state index contributed by atoms with van der Waals surface area (Å²) < 4.78 is 42.0. The van der Waals surface area contributed by atoms with Gasteiger partial charge in [0.2, 0.25) is 0 Å². The Bertz CT molecular complexity index is 482. The van der Waals surface area contributed by atoms with Crippen molar-refractivity contribution in [1.82, 2.24) is 0 Å². The van der Waals surface area contributed by atoms with E-state index in [-0.39, 0.29) is 11.7 Å². The van der Waals surface area contributed by atoms with Crippen LogP contribution in [-0.4, -0.2) is 12.7 Å². The lowest BCUT2D eigenvalue weighted by Gasteiger charge is -2.22. The van der Waals surface area contributed by atoms with E-state index < -0.39 is 18.2 Å². The van der Waals surface area contributed by atoms with E-state index in [0.717, 1.165) is 18.9 Å². The van der Waals surface area contributed by atoms with Gasteiger partial charge in [-0.05, 0) is 24.7 Å². The third-order valence-electron chi connectivity index (χ3n) is 4.13. The molecule has 3 N–H and O–H groups in total. The maximum absolute atomic E-state index is 13.5. The van der Waals surface area contributed by atoms with Crippen LogP contribution in [0.3, 0.4) is 0 Å². The van der Waals surface area contributed by atoms with Gasteiger partial charge in [0.25, 0.3) is 0 Å². The number of hydrogen-bond acceptors (Lipinski definition) is 3. The van der Waals surface area contributed by atoms with Crippen molar-refractivity contribution < 1.29 is 17.9 Å². The Balaban J connectivity index is 2.19. The number of halogens is 3. The Morgan fingerprint density at radius 1 is 1.30 bits per heavy atom. The van der Waals surface area contributed by atoms with Crippen LogP contribution in [-0.2, 0) is 0 Å². The summed E-state index contributed by atoms with van der Waals surface area (Å²) in [6, 6.07) is 2.41. The van der Waals surface area contributed by atoms with Crippen LogP contribution in [0.4, 0.5) is 24.5 Å². The summed E-state index contributed by atoms with van der Waals surface area (Å²) in [5.74, 6) is -0.346. The minimum atomic E-state index is -3.06.